The van der Waals surface area contributed by atoms with Crippen molar-refractivity contribution in [3.05, 3.63) is 29.6 Å². The van der Waals surface area contributed by atoms with Crippen molar-refractivity contribution in [2.75, 3.05) is 24.5 Å². The van der Waals surface area contributed by atoms with Gasteiger partial charge >= 0.3 is 0 Å². The van der Waals surface area contributed by atoms with Gasteiger partial charge in [0, 0.05) is 30.4 Å². The summed E-state index contributed by atoms with van der Waals surface area (Å²) in [6, 6.07) is 5.35. The Bertz CT molecular complexity index is 442. The second-order valence-electron chi connectivity index (χ2n) is 5.61. The molecule has 0 amide bonds. The van der Waals surface area contributed by atoms with Crippen LogP contribution in [0.2, 0.25) is 0 Å². The molecule has 1 aromatic carbocycles. The summed E-state index contributed by atoms with van der Waals surface area (Å²) in [4.78, 5) is 2.24. The Balaban J connectivity index is 2.33. The van der Waals surface area contributed by atoms with Gasteiger partial charge in [0.15, 0.2) is 0 Å². The SMILES string of the molecule is CCNC(C)c1c(F)cccc1N1CC(C)OC(C)C1. The largest absolute Gasteiger partial charge is 0.372 e. The van der Waals surface area contributed by atoms with E-state index in [1.807, 2.05) is 19.9 Å². The Morgan fingerprint density at radius 1 is 1.35 bits per heavy atom. The second-order valence-corrected chi connectivity index (χ2v) is 5.61. The van der Waals surface area contributed by atoms with Gasteiger partial charge in [0.2, 0.25) is 0 Å². The minimum Gasteiger partial charge on any atom is -0.372 e. The Morgan fingerprint density at radius 3 is 2.60 bits per heavy atom. The maximum Gasteiger partial charge on any atom is 0.130 e. The first-order valence-electron chi connectivity index (χ1n) is 7.45. The first-order chi connectivity index (χ1) is 9.52. The summed E-state index contributed by atoms with van der Waals surface area (Å²) in [5.41, 5.74) is 1.75. The van der Waals surface area contributed by atoms with Crippen LogP contribution in [0.5, 0.6) is 0 Å². The molecule has 112 valence electrons. The highest BCUT2D eigenvalue weighted by Crippen LogP contribution is 2.31. The van der Waals surface area contributed by atoms with Crippen LogP contribution in [-0.4, -0.2) is 31.8 Å². The molecule has 0 aliphatic carbocycles. The zero-order valence-corrected chi connectivity index (χ0v) is 12.8. The van der Waals surface area contributed by atoms with Crippen LogP contribution in [0.15, 0.2) is 18.2 Å². The summed E-state index contributed by atoms with van der Waals surface area (Å²) in [6.07, 6.45) is 0.341. The maximum atomic E-state index is 14.3. The Labute approximate surface area is 121 Å². The summed E-state index contributed by atoms with van der Waals surface area (Å²) >= 11 is 0. The molecule has 0 saturated carbocycles. The van der Waals surface area contributed by atoms with E-state index in [0.717, 1.165) is 30.9 Å². The minimum atomic E-state index is -0.136. The number of nitrogens with zero attached hydrogens (tertiary/aromatic N) is 1. The number of ether oxygens (including phenoxy) is 1. The molecule has 3 nitrogen and oxygen atoms in total. The topological polar surface area (TPSA) is 24.5 Å². The lowest BCUT2D eigenvalue weighted by Crippen LogP contribution is -2.46. The fourth-order valence-electron chi connectivity index (χ4n) is 3.01. The zero-order valence-electron chi connectivity index (χ0n) is 12.8. The van der Waals surface area contributed by atoms with Crippen molar-refractivity contribution in [3.8, 4) is 0 Å². The highest BCUT2D eigenvalue weighted by molar-refractivity contribution is 5.56. The van der Waals surface area contributed by atoms with E-state index in [4.69, 9.17) is 4.74 Å². The summed E-state index contributed by atoms with van der Waals surface area (Å²) in [5.74, 6) is -0.136. The average Bonchev–Trinajstić information content (AvgIpc) is 2.37. The van der Waals surface area contributed by atoms with E-state index in [0.29, 0.717) is 0 Å². The van der Waals surface area contributed by atoms with E-state index in [2.05, 4.69) is 24.1 Å². The zero-order chi connectivity index (χ0) is 14.7. The van der Waals surface area contributed by atoms with Crippen LogP contribution in [0.4, 0.5) is 10.1 Å². The number of morpholine rings is 1. The van der Waals surface area contributed by atoms with Gasteiger partial charge in [-0.3, -0.25) is 0 Å². The van der Waals surface area contributed by atoms with E-state index < -0.39 is 0 Å². The molecule has 20 heavy (non-hydrogen) atoms. The first kappa shape index (κ1) is 15.3. The van der Waals surface area contributed by atoms with Crippen molar-refractivity contribution in [1.82, 2.24) is 5.32 Å². The molecule has 1 saturated heterocycles. The lowest BCUT2D eigenvalue weighted by Gasteiger charge is -2.38. The Morgan fingerprint density at radius 2 is 2.00 bits per heavy atom. The van der Waals surface area contributed by atoms with Crippen LogP contribution in [0, 0.1) is 5.82 Å². The summed E-state index contributed by atoms with van der Waals surface area (Å²) in [5, 5.41) is 3.31. The number of benzene rings is 1. The van der Waals surface area contributed by atoms with Gasteiger partial charge in [0.25, 0.3) is 0 Å². The van der Waals surface area contributed by atoms with Crippen LogP contribution in [-0.2, 0) is 4.74 Å². The lowest BCUT2D eigenvalue weighted by molar-refractivity contribution is -0.00530. The van der Waals surface area contributed by atoms with Crippen LogP contribution < -0.4 is 10.2 Å². The lowest BCUT2D eigenvalue weighted by atomic mass is 10.0. The van der Waals surface area contributed by atoms with Crippen LogP contribution >= 0.6 is 0 Å². The maximum absolute atomic E-state index is 14.3. The third kappa shape index (κ3) is 3.30. The molecular formula is C16H25FN2O. The minimum absolute atomic E-state index is 0.00431. The number of halogens is 1. The van der Waals surface area contributed by atoms with Crippen molar-refractivity contribution in [2.24, 2.45) is 0 Å². The van der Waals surface area contributed by atoms with E-state index in [1.165, 1.54) is 0 Å². The van der Waals surface area contributed by atoms with Gasteiger partial charge < -0.3 is 15.0 Å². The van der Waals surface area contributed by atoms with Crippen LogP contribution in [0.25, 0.3) is 0 Å². The predicted octanol–water partition coefficient (Wildman–Crippen LogP) is 3.11. The third-order valence-electron chi connectivity index (χ3n) is 3.73. The standard InChI is InChI=1S/C16H25FN2O/c1-5-18-13(4)16-14(17)7-6-8-15(16)19-9-11(2)20-12(3)10-19/h6-8,11-13,18H,5,9-10H2,1-4H3. The molecule has 1 fully saturated rings. The highest BCUT2D eigenvalue weighted by atomic mass is 19.1. The van der Waals surface area contributed by atoms with Gasteiger partial charge in [0.05, 0.1) is 12.2 Å². The third-order valence-corrected chi connectivity index (χ3v) is 3.73. The molecule has 0 aromatic heterocycles. The van der Waals surface area contributed by atoms with Gasteiger partial charge in [-0.05, 0) is 39.4 Å². The molecule has 0 spiro atoms. The number of hydrogen-bond donors (Lipinski definition) is 1. The molecule has 0 bridgehead atoms. The van der Waals surface area contributed by atoms with E-state index in [9.17, 15) is 4.39 Å². The molecule has 0 radical (unpaired) electrons. The smallest absolute Gasteiger partial charge is 0.130 e. The molecule has 1 heterocycles. The van der Waals surface area contributed by atoms with Gasteiger partial charge in [-0.1, -0.05) is 13.0 Å². The Kier molecular flexibility index (Phi) is 5.00. The van der Waals surface area contributed by atoms with Crippen molar-refractivity contribution in [3.63, 3.8) is 0 Å². The van der Waals surface area contributed by atoms with Crippen LogP contribution in [0.3, 0.4) is 0 Å². The molecule has 2 rings (SSSR count). The molecule has 3 atom stereocenters. The second kappa shape index (κ2) is 6.55. The quantitative estimate of drug-likeness (QED) is 0.917. The highest BCUT2D eigenvalue weighted by Gasteiger charge is 2.26. The van der Waals surface area contributed by atoms with Crippen molar-refractivity contribution < 1.29 is 9.13 Å². The number of hydrogen-bond acceptors (Lipinski definition) is 3. The first-order valence-corrected chi connectivity index (χ1v) is 7.45. The predicted molar refractivity (Wildman–Crippen MR) is 80.7 cm³/mol. The van der Waals surface area contributed by atoms with Crippen LogP contribution in [0.1, 0.15) is 39.3 Å². The molecule has 1 N–H and O–H groups in total. The number of anilines is 1. The molecule has 4 heteroatoms. The monoisotopic (exact) mass is 280 g/mol. The van der Waals surface area contributed by atoms with E-state index >= 15 is 0 Å². The number of nitrogens with one attached hydrogen (secondary N) is 1. The molecule has 1 aliphatic heterocycles. The molecule has 1 aromatic rings. The van der Waals surface area contributed by atoms with Crippen molar-refractivity contribution >= 4 is 5.69 Å². The number of rotatable bonds is 4. The summed E-state index contributed by atoms with van der Waals surface area (Å²) in [6.45, 7) is 10.6. The Hall–Kier alpha value is -1.13. The normalized spacial score (nSPS) is 24.8. The molecular weight excluding hydrogens is 255 g/mol. The average molecular weight is 280 g/mol. The molecule has 3 unspecified atom stereocenters. The van der Waals surface area contributed by atoms with Crippen molar-refractivity contribution in [2.45, 2.75) is 45.9 Å². The van der Waals surface area contributed by atoms with E-state index in [-0.39, 0.29) is 24.1 Å². The van der Waals surface area contributed by atoms with Gasteiger partial charge in [-0.15, -0.1) is 0 Å². The van der Waals surface area contributed by atoms with Gasteiger partial charge in [-0.25, -0.2) is 4.39 Å². The molecule has 1 aliphatic rings. The summed E-state index contributed by atoms with van der Waals surface area (Å²) in [7, 11) is 0. The fourth-order valence-corrected chi connectivity index (χ4v) is 3.01. The summed E-state index contributed by atoms with van der Waals surface area (Å²) < 4.78 is 20.0. The van der Waals surface area contributed by atoms with Gasteiger partial charge in [0.1, 0.15) is 5.82 Å². The fraction of sp³-hybridized carbons (Fsp3) is 0.625. The van der Waals surface area contributed by atoms with Gasteiger partial charge in [-0.2, -0.15) is 0 Å². The van der Waals surface area contributed by atoms with Crippen molar-refractivity contribution in [1.29, 1.82) is 0 Å². The van der Waals surface area contributed by atoms with E-state index in [1.54, 1.807) is 12.1 Å².